The number of hydrogen-bond donors (Lipinski definition) is 1. The van der Waals surface area contributed by atoms with Gasteiger partial charge in [-0.2, -0.15) is 5.10 Å². The number of methoxy groups -OCH3 is 4. The minimum Gasteiger partial charge on any atom is -0.382 e. The summed E-state index contributed by atoms with van der Waals surface area (Å²) in [5.41, 5.74) is 1.94. The lowest BCUT2D eigenvalue weighted by Crippen LogP contribution is -2.58. The van der Waals surface area contributed by atoms with Crippen LogP contribution in [-0.4, -0.2) is 75.2 Å². The molecule has 0 aliphatic carbocycles. The van der Waals surface area contributed by atoms with Gasteiger partial charge in [-0.15, -0.1) is 0 Å². The zero-order valence-electron chi connectivity index (χ0n) is 16.3. The molecule has 0 unspecified atom stereocenters. The second-order valence-electron chi connectivity index (χ2n) is 5.91. The maximum Gasteiger partial charge on any atom is 0.301 e. The van der Waals surface area contributed by atoms with E-state index >= 15 is 0 Å². The van der Waals surface area contributed by atoms with E-state index in [0.717, 1.165) is 12.1 Å². The first-order valence-corrected chi connectivity index (χ1v) is 8.37. The molecule has 0 radical (unpaired) electrons. The van der Waals surface area contributed by atoms with Crippen molar-refractivity contribution in [1.82, 2.24) is 0 Å². The molecule has 13 heteroatoms. The Kier molecular flexibility index (Phi) is 7.92. The quantitative estimate of drug-likeness (QED) is 0.461. The highest BCUT2D eigenvalue weighted by molar-refractivity contribution is 5.95. The molecule has 1 aliphatic heterocycles. The van der Waals surface area contributed by atoms with Crippen molar-refractivity contribution in [1.29, 1.82) is 0 Å². The molecule has 0 saturated carbocycles. The van der Waals surface area contributed by atoms with Crippen LogP contribution in [0.4, 0.5) is 17.1 Å². The summed E-state index contributed by atoms with van der Waals surface area (Å²) in [6.07, 6.45) is -2.87. The van der Waals surface area contributed by atoms with Gasteiger partial charge in [0.15, 0.2) is 12.4 Å². The van der Waals surface area contributed by atoms with Crippen LogP contribution >= 0.6 is 0 Å². The number of nitrogens with zero attached hydrogens (tertiary/aromatic N) is 3. The number of nitrogens with one attached hydrogen (secondary N) is 1. The number of hydrogen-bond acceptors (Lipinski definition) is 11. The van der Waals surface area contributed by atoms with Crippen LogP contribution in [0.2, 0.25) is 0 Å². The van der Waals surface area contributed by atoms with Gasteiger partial charge >= 0.3 is 5.69 Å². The van der Waals surface area contributed by atoms with Crippen molar-refractivity contribution in [3.05, 3.63) is 38.4 Å². The molecule has 4 atom stereocenters. The van der Waals surface area contributed by atoms with E-state index in [2.05, 4.69) is 10.5 Å². The normalized spacial score (nSPS) is 25.7. The fourth-order valence-electron chi connectivity index (χ4n) is 2.91. The zero-order valence-corrected chi connectivity index (χ0v) is 16.3. The van der Waals surface area contributed by atoms with Gasteiger partial charge in [0.05, 0.1) is 22.5 Å². The van der Waals surface area contributed by atoms with Crippen molar-refractivity contribution in [3.63, 3.8) is 0 Å². The second kappa shape index (κ2) is 10.2. The summed E-state index contributed by atoms with van der Waals surface area (Å²) in [5.74, 6) is 0. The summed E-state index contributed by atoms with van der Waals surface area (Å²) in [5, 5.41) is 26.4. The van der Waals surface area contributed by atoms with Crippen LogP contribution in [0.15, 0.2) is 23.3 Å². The molecule has 1 saturated heterocycles. The van der Waals surface area contributed by atoms with Crippen molar-refractivity contribution in [2.24, 2.45) is 5.10 Å². The van der Waals surface area contributed by atoms with E-state index in [1.165, 1.54) is 34.5 Å². The summed E-state index contributed by atoms with van der Waals surface area (Å²) in [4.78, 5) is 20.7. The third-order valence-corrected chi connectivity index (χ3v) is 4.24. The topological polar surface area (TPSA) is 157 Å². The van der Waals surface area contributed by atoms with Gasteiger partial charge in [0.25, 0.3) is 5.69 Å². The van der Waals surface area contributed by atoms with Crippen LogP contribution in [0, 0.1) is 20.2 Å². The van der Waals surface area contributed by atoms with E-state index in [4.69, 9.17) is 23.7 Å². The smallest absolute Gasteiger partial charge is 0.301 e. The summed E-state index contributed by atoms with van der Waals surface area (Å²) in [7, 11) is 5.79. The van der Waals surface area contributed by atoms with Crippen LogP contribution in [-0.2, 0) is 23.7 Å². The van der Waals surface area contributed by atoms with E-state index in [0.29, 0.717) is 5.71 Å². The van der Waals surface area contributed by atoms with Gasteiger partial charge in [-0.05, 0) is 6.07 Å². The predicted molar refractivity (Wildman–Crippen MR) is 99.9 cm³/mol. The Bertz CT molecular complexity index is 773. The lowest BCUT2D eigenvalue weighted by molar-refractivity contribution is -0.393. The molecule has 1 fully saturated rings. The molecule has 1 aromatic carbocycles. The molecule has 1 heterocycles. The van der Waals surface area contributed by atoms with Crippen LogP contribution in [0.1, 0.15) is 0 Å². The van der Waals surface area contributed by atoms with Gasteiger partial charge in [0, 0.05) is 34.5 Å². The highest BCUT2D eigenvalue weighted by Gasteiger charge is 2.44. The Hall–Kier alpha value is -2.71. The molecule has 0 bridgehead atoms. The molecule has 13 nitrogen and oxygen atoms in total. The number of non-ortho nitro benzene ring substituents is 1. The monoisotopic (exact) mass is 414 g/mol. The van der Waals surface area contributed by atoms with Crippen LogP contribution in [0.3, 0.4) is 0 Å². The molecule has 1 N–H and O–H groups in total. The lowest BCUT2D eigenvalue weighted by atomic mass is 9.99. The van der Waals surface area contributed by atoms with Crippen molar-refractivity contribution in [2.45, 2.75) is 24.6 Å². The summed E-state index contributed by atoms with van der Waals surface area (Å²) in [6, 6.07) is 3.18. The summed E-state index contributed by atoms with van der Waals surface area (Å²) >= 11 is 0. The van der Waals surface area contributed by atoms with Crippen LogP contribution in [0.25, 0.3) is 0 Å². The van der Waals surface area contributed by atoms with E-state index in [-0.39, 0.29) is 12.3 Å². The fourth-order valence-corrected chi connectivity index (χ4v) is 2.91. The zero-order chi connectivity index (χ0) is 21.6. The SMILES string of the molecule is COC[C@H]1O[C@@H](OC)[C@H](OC)/C(=N/Nc2ccc([N+](=O)[O-])cc2[N+](=O)[O-])[C@@H]1OC. The lowest BCUT2D eigenvalue weighted by Gasteiger charge is -2.40. The van der Waals surface area contributed by atoms with Gasteiger partial charge < -0.3 is 23.7 Å². The third-order valence-electron chi connectivity index (χ3n) is 4.24. The minimum atomic E-state index is -0.820. The molecule has 0 amide bonds. The summed E-state index contributed by atoms with van der Waals surface area (Å²) < 4.78 is 27.1. The molecular weight excluding hydrogens is 392 g/mol. The van der Waals surface area contributed by atoms with Crippen molar-refractivity contribution in [2.75, 3.05) is 40.5 Å². The Morgan fingerprint density at radius 2 is 1.76 bits per heavy atom. The number of benzene rings is 1. The Balaban J connectivity index is 2.43. The average Bonchev–Trinajstić information content (AvgIpc) is 2.71. The Morgan fingerprint density at radius 3 is 2.28 bits per heavy atom. The molecular formula is C16H22N4O9. The van der Waals surface area contributed by atoms with Crippen LogP contribution in [0.5, 0.6) is 0 Å². The molecule has 160 valence electrons. The van der Waals surface area contributed by atoms with Crippen LogP contribution < -0.4 is 5.43 Å². The number of ether oxygens (including phenoxy) is 5. The number of rotatable bonds is 9. The largest absolute Gasteiger partial charge is 0.382 e. The summed E-state index contributed by atoms with van der Waals surface area (Å²) in [6.45, 7) is 0.172. The maximum absolute atomic E-state index is 11.3. The van der Waals surface area contributed by atoms with Gasteiger partial charge in [-0.3, -0.25) is 25.7 Å². The number of hydrazone groups is 1. The first kappa shape index (κ1) is 22.6. The molecule has 2 rings (SSSR count). The van der Waals surface area contributed by atoms with Gasteiger partial charge in [-0.25, -0.2) is 0 Å². The maximum atomic E-state index is 11.3. The second-order valence-corrected chi connectivity index (χ2v) is 5.91. The van der Waals surface area contributed by atoms with Crippen molar-refractivity contribution < 1.29 is 33.5 Å². The van der Waals surface area contributed by atoms with E-state index in [1.54, 1.807) is 0 Å². The number of nitro groups is 2. The van der Waals surface area contributed by atoms with Gasteiger partial charge in [-0.1, -0.05) is 0 Å². The van der Waals surface area contributed by atoms with E-state index < -0.39 is 45.8 Å². The van der Waals surface area contributed by atoms with Crippen molar-refractivity contribution in [3.8, 4) is 0 Å². The standard InChI is InChI=1S/C16H22N4O9/c1-25-8-12-14(26-2)13(15(27-3)16(28-4)29-12)18-17-10-6-5-9(19(21)22)7-11(10)20(23)24/h5-7,12,14-17H,8H2,1-4H3/b18-13+/t12-,14-,15-,16-/m1/s1. The Labute approximate surface area is 165 Å². The number of anilines is 1. The minimum absolute atomic E-state index is 0.0402. The molecule has 0 aromatic heterocycles. The molecule has 0 spiro atoms. The Morgan fingerprint density at radius 1 is 1.07 bits per heavy atom. The average molecular weight is 414 g/mol. The number of nitro benzene ring substituents is 2. The molecule has 1 aromatic rings. The van der Waals surface area contributed by atoms with Crippen molar-refractivity contribution >= 4 is 22.8 Å². The molecule has 1 aliphatic rings. The highest BCUT2D eigenvalue weighted by atomic mass is 16.7. The van der Waals surface area contributed by atoms with E-state index in [1.807, 2.05) is 0 Å². The highest BCUT2D eigenvalue weighted by Crippen LogP contribution is 2.30. The molecule has 29 heavy (non-hydrogen) atoms. The first-order chi connectivity index (χ1) is 13.9. The predicted octanol–water partition coefficient (Wildman–Crippen LogP) is 1.32. The first-order valence-electron chi connectivity index (χ1n) is 8.37. The third kappa shape index (κ3) is 5.02. The van der Waals surface area contributed by atoms with Gasteiger partial charge in [0.1, 0.15) is 23.6 Å². The fraction of sp³-hybridized carbons (Fsp3) is 0.562. The van der Waals surface area contributed by atoms with E-state index in [9.17, 15) is 20.2 Å². The van der Waals surface area contributed by atoms with Gasteiger partial charge in [0.2, 0.25) is 0 Å².